The first-order chi connectivity index (χ1) is 40.6. The van der Waals surface area contributed by atoms with Gasteiger partial charge >= 0.3 is 17.9 Å². The Labute approximate surface area is 513 Å². The molecule has 0 aliphatic heterocycles. The molecule has 0 saturated heterocycles. The van der Waals surface area contributed by atoms with E-state index in [2.05, 4.69) is 86.8 Å². The number of carboxylic acids is 1. The van der Waals surface area contributed by atoms with Crippen LogP contribution in [0, 0.1) is 0 Å². The Hall–Kier alpha value is -3.27. The van der Waals surface area contributed by atoms with E-state index in [1.165, 1.54) is 212 Å². The van der Waals surface area contributed by atoms with Crippen LogP contribution in [0.4, 0.5) is 0 Å². The van der Waals surface area contributed by atoms with E-state index in [4.69, 9.17) is 18.9 Å². The quantitative estimate of drug-likeness (QED) is 0.0211. The van der Waals surface area contributed by atoms with Gasteiger partial charge in [0.25, 0.3) is 6.29 Å². The second kappa shape index (κ2) is 64.7. The average molecular weight is 1170 g/mol. The molecule has 0 spiro atoms. The second-order valence-corrected chi connectivity index (χ2v) is 24.8. The Morgan fingerprint density at radius 3 is 1.02 bits per heavy atom. The van der Waals surface area contributed by atoms with E-state index in [0.29, 0.717) is 17.4 Å². The van der Waals surface area contributed by atoms with Crippen LogP contribution in [0.2, 0.25) is 0 Å². The Balaban J connectivity index is 4.11. The predicted octanol–water partition coefficient (Wildman–Crippen LogP) is 21.7. The third-order valence-electron chi connectivity index (χ3n) is 15.5. The fourth-order valence-corrected chi connectivity index (χ4v) is 10.1. The van der Waals surface area contributed by atoms with Crippen molar-refractivity contribution in [2.45, 2.75) is 334 Å². The number of hydrogen-bond donors (Lipinski definition) is 1. The third kappa shape index (κ3) is 66.1. The van der Waals surface area contributed by atoms with E-state index in [0.717, 1.165) is 83.5 Å². The van der Waals surface area contributed by atoms with Crippen molar-refractivity contribution >= 4 is 17.9 Å². The number of nitrogens with zero attached hydrogens (tertiary/aromatic N) is 1. The first kappa shape index (κ1) is 79.7. The summed E-state index contributed by atoms with van der Waals surface area (Å²) in [5.74, 6) is -1.99. The smallest absolute Gasteiger partial charge is 0.361 e. The number of hydrogen-bond acceptors (Lipinski definition) is 7. The molecule has 2 unspecified atom stereocenters. The Morgan fingerprint density at radius 2 is 0.687 bits per heavy atom. The number of aliphatic carboxylic acids is 1. The molecule has 0 aromatic carbocycles. The van der Waals surface area contributed by atoms with E-state index >= 15 is 0 Å². The van der Waals surface area contributed by atoms with Crippen molar-refractivity contribution in [2.24, 2.45) is 0 Å². The molecule has 0 aliphatic rings. The van der Waals surface area contributed by atoms with Crippen molar-refractivity contribution in [3.8, 4) is 0 Å². The maximum Gasteiger partial charge on any atom is 0.361 e. The van der Waals surface area contributed by atoms with Gasteiger partial charge in [0.15, 0.2) is 6.10 Å². The van der Waals surface area contributed by atoms with E-state index in [9.17, 15) is 19.5 Å². The summed E-state index contributed by atoms with van der Waals surface area (Å²) >= 11 is 0. The van der Waals surface area contributed by atoms with Gasteiger partial charge < -0.3 is 28.5 Å². The Bertz CT molecular complexity index is 1590. The van der Waals surface area contributed by atoms with E-state index < -0.39 is 24.3 Å². The molecule has 0 heterocycles. The lowest BCUT2D eigenvalue weighted by Gasteiger charge is -2.25. The Morgan fingerprint density at radius 1 is 0.373 bits per heavy atom. The van der Waals surface area contributed by atoms with Gasteiger partial charge in [-0.1, -0.05) is 318 Å². The van der Waals surface area contributed by atoms with Crippen LogP contribution >= 0.6 is 0 Å². The van der Waals surface area contributed by atoms with Crippen LogP contribution in [0.1, 0.15) is 322 Å². The number of carbonyl (C=O) groups is 3. The van der Waals surface area contributed by atoms with Crippen LogP contribution in [0.3, 0.4) is 0 Å². The largest absolute Gasteiger partial charge is 0.477 e. The van der Waals surface area contributed by atoms with Crippen molar-refractivity contribution in [2.75, 3.05) is 47.5 Å². The van der Waals surface area contributed by atoms with E-state index in [1.807, 2.05) is 21.1 Å². The van der Waals surface area contributed by atoms with Gasteiger partial charge in [0.2, 0.25) is 0 Å². The van der Waals surface area contributed by atoms with Gasteiger partial charge in [0, 0.05) is 12.8 Å². The lowest BCUT2D eigenvalue weighted by Crippen LogP contribution is -2.40. The molecule has 83 heavy (non-hydrogen) atoms. The minimum atomic E-state index is -1.51. The summed E-state index contributed by atoms with van der Waals surface area (Å²) in [5.41, 5.74) is 0. The number of likely N-dealkylation sites (N-methyl/N-ethyl adjacent to an activating group) is 1. The highest BCUT2D eigenvalue weighted by atomic mass is 16.7. The van der Waals surface area contributed by atoms with Gasteiger partial charge in [-0.05, 0) is 64.2 Å². The van der Waals surface area contributed by atoms with Crippen molar-refractivity contribution < 1.29 is 42.9 Å². The zero-order valence-corrected chi connectivity index (χ0v) is 55.1. The number of rotatable bonds is 65. The monoisotopic (exact) mass is 1170 g/mol. The van der Waals surface area contributed by atoms with Crippen molar-refractivity contribution in [3.05, 3.63) is 72.9 Å². The summed E-state index contributed by atoms with van der Waals surface area (Å²) in [5, 5.41) is 9.75. The van der Waals surface area contributed by atoms with E-state index in [-0.39, 0.29) is 32.2 Å². The van der Waals surface area contributed by atoms with Crippen LogP contribution in [0.5, 0.6) is 0 Å². The molecule has 0 aromatic rings. The molecular formula is C74H134NO8+. The molecule has 0 saturated carbocycles. The van der Waals surface area contributed by atoms with Gasteiger partial charge in [0.1, 0.15) is 13.2 Å². The van der Waals surface area contributed by atoms with Crippen LogP contribution in [0.15, 0.2) is 72.9 Å². The zero-order chi connectivity index (χ0) is 60.5. The standard InChI is InChI=1S/C74H133NO8/c1-6-8-10-12-14-16-18-20-22-24-26-28-30-32-34-35-36-37-39-41-43-45-47-49-51-53-55-57-59-61-63-65-72(77)83-70(69-82-74(73(78)79)80-67-66-75(3,4)5)68-81-71(76)64-62-60-58-56-54-52-50-48-46-44-42-40-38-33-31-29-27-25-23-21-19-17-15-13-11-9-7-2/h8,10,14,16,20,22,26,28,32,34,36-37,70,74H,6-7,9,11-13,15,17-19,21,23-25,27,29-31,33,35,38-69H2,1-5H3/p+1/b10-8-,16-14-,22-20-,28-26-,34-32-,37-36-. The van der Waals surface area contributed by atoms with Gasteiger partial charge in [0.05, 0.1) is 34.4 Å². The van der Waals surface area contributed by atoms with Crippen molar-refractivity contribution in [3.63, 3.8) is 0 Å². The molecule has 0 fully saturated rings. The molecule has 482 valence electrons. The number of carbonyl (C=O) groups excluding carboxylic acids is 2. The summed E-state index contributed by atoms with van der Waals surface area (Å²) in [7, 11) is 5.98. The third-order valence-corrected chi connectivity index (χ3v) is 15.5. The van der Waals surface area contributed by atoms with Crippen LogP contribution in [-0.4, -0.2) is 87.4 Å². The number of esters is 2. The molecule has 0 aliphatic carbocycles. The second-order valence-electron chi connectivity index (χ2n) is 24.8. The molecule has 2 atom stereocenters. The normalized spacial score (nSPS) is 13.1. The SMILES string of the molecule is CC/C=C\C/C=C\C/C=C\C/C=C\C/C=C\C/C=C\CCCCCCCCCCCCCCC(=O)OC(COC(=O)CCCCCCCCCCCCCCCCCCCCCCCCCCCCC)COC(OCC[N+](C)(C)C)C(=O)O. The summed E-state index contributed by atoms with van der Waals surface area (Å²) in [4.78, 5) is 37.6. The first-order valence-corrected chi connectivity index (χ1v) is 35.1. The van der Waals surface area contributed by atoms with Crippen molar-refractivity contribution in [1.82, 2.24) is 0 Å². The molecule has 0 aromatic heterocycles. The van der Waals surface area contributed by atoms with Crippen molar-refractivity contribution in [1.29, 1.82) is 0 Å². The Kier molecular flexibility index (Phi) is 62.2. The summed E-state index contributed by atoms with van der Waals surface area (Å²) in [6, 6.07) is 0. The van der Waals surface area contributed by atoms with E-state index in [1.54, 1.807) is 0 Å². The minimum Gasteiger partial charge on any atom is -0.477 e. The van der Waals surface area contributed by atoms with Gasteiger partial charge in [-0.25, -0.2) is 4.79 Å². The summed E-state index contributed by atoms with van der Waals surface area (Å²) < 4.78 is 23.0. The molecular weight excluding hydrogens is 1030 g/mol. The number of carboxylic acid groups (broad SMARTS) is 1. The van der Waals surface area contributed by atoms with Gasteiger partial charge in [-0.3, -0.25) is 9.59 Å². The molecule has 1 N–H and O–H groups in total. The topological polar surface area (TPSA) is 108 Å². The highest BCUT2D eigenvalue weighted by molar-refractivity contribution is 5.71. The lowest BCUT2D eigenvalue weighted by atomic mass is 10.0. The molecule has 0 rings (SSSR count). The fourth-order valence-electron chi connectivity index (χ4n) is 10.1. The molecule has 9 nitrogen and oxygen atoms in total. The van der Waals surface area contributed by atoms with Gasteiger partial charge in [-0.15, -0.1) is 0 Å². The van der Waals surface area contributed by atoms with Crippen LogP contribution in [0.25, 0.3) is 0 Å². The van der Waals surface area contributed by atoms with Crippen LogP contribution in [-0.2, 0) is 33.3 Å². The number of ether oxygens (including phenoxy) is 4. The lowest BCUT2D eigenvalue weighted by molar-refractivity contribution is -0.870. The number of unbranched alkanes of at least 4 members (excludes halogenated alkanes) is 38. The highest BCUT2D eigenvalue weighted by Gasteiger charge is 2.25. The molecule has 9 heteroatoms. The maximum absolute atomic E-state index is 12.9. The number of allylic oxidation sites excluding steroid dienone is 12. The fraction of sp³-hybridized carbons (Fsp3) is 0.797. The molecule has 0 amide bonds. The average Bonchev–Trinajstić information content (AvgIpc) is 3.46. The molecule has 0 bridgehead atoms. The van der Waals surface area contributed by atoms with Gasteiger partial charge in [-0.2, -0.15) is 0 Å². The van der Waals surface area contributed by atoms with Crippen LogP contribution < -0.4 is 0 Å². The number of quaternary nitrogens is 1. The highest BCUT2D eigenvalue weighted by Crippen LogP contribution is 2.18. The minimum absolute atomic E-state index is 0.181. The predicted molar refractivity (Wildman–Crippen MR) is 355 cm³/mol. The maximum atomic E-state index is 12.9. The summed E-state index contributed by atoms with van der Waals surface area (Å²) in [6.45, 7) is 4.81. The zero-order valence-electron chi connectivity index (χ0n) is 55.1. The summed E-state index contributed by atoms with van der Waals surface area (Å²) in [6.07, 6.45) is 83.0. The first-order valence-electron chi connectivity index (χ1n) is 35.1. The molecule has 0 radical (unpaired) electrons.